The maximum absolute atomic E-state index is 6.28. The highest BCUT2D eigenvalue weighted by Gasteiger charge is 2.19. The molecule has 0 amide bonds. The van der Waals surface area contributed by atoms with Gasteiger partial charge in [0.2, 0.25) is 0 Å². The van der Waals surface area contributed by atoms with E-state index in [9.17, 15) is 0 Å². The summed E-state index contributed by atoms with van der Waals surface area (Å²) < 4.78 is 8.67. The molecule has 0 radical (unpaired) electrons. The Bertz CT molecular complexity index is 3600. The topological polar surface area (TPSA) is 21.3 Å². The van der Waals surface area contributed by atoms with Crippen LogP contribution in [0.4, 0.5) is 17.1 Å². The smallest absolute Gasteiger partial charge is 0.135 e. The number of hydrogen-bond acceptors (Lipinski definition) is 2. The number of nitrogens with zero attached hydrogens (tertiary/aromatic N) is 2. The largest absolute Gasteiger partial charge is 0.456 e. The lowest BCUT2D eigenvalue weighted by molar-refractivity contribution is 0.669. The molecule has 0 unspecified atom stereocenters. The summed E-state index contributed by atoms with van der Waals surface area (Å²) in [6, 6.07) is 87.2. The van der Waals surface area contributed by atoms with E-state index < -0.39 is 0 Å². The van der Waals surface area contributed by atoms with Crippen molar-refractivity contribution in [2.45, 2.75) is 0 Å². The van der Waals surface area contributed by atoms with Crippen molar-refractivity contribution in [2.24, 2.45) is 0 Å². The molecule has 0 fully saturated rings. The lowest BCUT2D eigenvalue weighted by atomic mass is 9.90. The molecule has 0 N–H and O–H groups in total. The van der Waals surface area contributed by atoms with Gasteiger partial charge in [-0.05, 0) is 123 Å². The van der Waals surface area contributed by atoms with Gasteiger partial charge in [-0.25, -0.2) is 0 Å². The van der Waals surface area contributed by atoms with Crippen molar-refractivity contribution in [1.82, 2.24) is 4.57 Å². The summed E-state index contributed by atoms with van der Waals surface area (Å²) in [5.41, 5.74) is 17.9. The minimum Gasteiger partial charge on any atom is -0.456 e. The molecule has 12 aromatic rings. The van der Waals surface area contributed by atoms with Crippen LogP contribution in [0.5, 0.6) is 0 Å². The summed E-state index contributed by atoms with van der Waals surface area (Å²) >= 11 is 0. The van der Waals surface area contributed by atoms with Crippen LogP contribution in [-0.2, 0) is 0 Å². The van der Waals surface area contributed by atoms with Crippen molar-refractivity contribution in [3.05, 3.63) is 243 Å². The Morgan fingerprint density at radius 1 is 0.286 bits per heavy atom. The molecular weight excluding hydrogens is 765 g/mol. The van der Waals surface area contributed by atoms with Crippen LogP contribution in [-0.4, -0.2) is 4.57 Å². The Labute approximate surface area is 366 Å². The first-order chi connectivity index (χ1) is 31.2. The van der Waals surface area contributed by atoms with Gasteiger partial charge >= 0.3 is 0 Å². The summed E-state index contributed by atoms with van der Waals surface area (Å²) in [5.74, 6) is 0. The van der Waals surface area contributed by atoms with Gasteiger partial charge in [-0.15, -0.1) is 0 Å². The summed E-state index contributed by atoms with van der Waals surface area (Å²) in [6.07, 6.45) is 0. The fourth-order valence-corrected chi connectivity index (χ4v) is 9.38. The zero-order chi connectivity index (χ0) is 41.7. The first-order valence-corrected chi connectivity index (χ1v) is 21.5. The Morgan fingerprint density at radius 3 is 1.67 bits per heavy atom. The second kappa shape index (κ2) is 15.3. The molecule has 63 heavy (non-hydrogen) atoms. The SMILES string of the molecule is c1ccc(-c2ccc(N(c3cccc(-c4ccc(-c5ccc6c7ccccc7n(-c7ccccc7)c6c5)cc4-c4ccccc4)c3)c3ccc4oc5ccccc5c4c3)cc2)cc1. The van der Waals surface area contributed by atoms with E-state index in [0.717, 1.165) is 50.3 Å². The molecule has 0 spiro atoms. The minimum absolute atomic E-state index is 0.876. The average molecular weight is 805 g/mol. The number of anilines is 3. The molecule has 0 saturated heterocycles. The number of fused-ring (bicyclic) bond motifs is 6. The second-order valence-electron chi connectivity index (χ2n) is 16.1. The van der Waals surface area contributed by atoms with Crippen LogP contribution >= 0.6 is 0 Å². The van der Waals surface area contributed by atoms with Gasteiger partial charge < -0.3 is 13.9 Å². The lowest BCUT2D eigenvalue weighted by Crippen LogP contribution is -2.10. The average Bonchev–Trinajstić information content (AvgIpc) is 3.90. The number of rotatable bonds is 8. The van der Waals surface area contributed by atoms with Crippen molar-refractivity contribution in [2.75, 3.05) is 4.90 Å². The molecule has 2 heterocycles. The summed E-state index contributed by atoms with van der Waals surface area (Å²) in [5, 5.41) is 4.70. The zero-order valence-electron chi connectivity index (χ0n) is 34.4. The van der Waals surface area contributed by atoms with E-state index in [4.69, 9.17) is 4.42 Å². The predicted octanol–water partition coefficient (Wildman–Crippen LogP) is 16.8. The van der Waals surface area contributed by atoms with Crippen LogP contribution in [0.3, 0.4) is 0 Å². The predicted molar refractivity (Wildman–Crippen MR) is 264 cm³/mol. The van der Waals surface area contributed by atoms with E-state index in [1.165, 1.54) is 60.8 Å². The lowest BCUT2D eigenvalue weighted by Gasteiger charge is -2.26. The Hall–Kier alpha value is -8.40. The number of hydrogen-bond donors (Lipinski definition) is 0. The van der Waals surface area contributed by atoms with Crippen LogP contribution < -0.4 is 4.90 Å². The van der Waals surface area contributed by atoms with Crippen LogP contribution in [0.25, 0.3) is 93.9 Å². The standard InChI is InChI=1S/C60H40N2O/c1-4-15-41(16-5-1)42-27-31-48(32-28-42)61(50-33-36-60-56(40-50)54-24-11-13-26-59(54)63-60)49-22-14-19-46(37-49)51-34-29-44(38-55(51)43-17-6-2-7-18-43)45-30-35-53-52-23-10-12-25-57(52)62(58(53)39-45)47-20-8-3-9-21-47/h1-40H. The third kappa shape index (κ3) is 6.46. The van der Waals surface area contributed by atoms with Crippen molar-refractivity contribution in [1.29, 1.82) is 0 Å². The van der Waals surface area contributed by atoms with Gasteiger partial charge in [0.15, 0.2) is 0 Å². The number of aromatic nitrogens is 1. The first kappa shape index (κ1) is 36.5. The van der Waals surface area contributed by atoms with Crippen LogP contribution in [0.15, 0.2) is 247 Å². The third-order valence-electron chi connectivity index (χ3n) is 12.4. The number of furan rings is 1. The molecule has 2 aromatic heterocycles. The molecule has 0 aliphatic heterocycles. The molecule has 296 valence electrons. The highest BCUT2D eigenvalue weighted by atomic mass is 16.3. The van der Waals surface area contributed by atoms with E-state index in [1.807, 2.05) is 12.1 Å². The van der Waals surface area contributed by atoms with E-state index >= 15 is 0 Å². The fourth-order valence-electron chi connectivity index (χ4n) is 9.38. The fraction of sp³-hybridized carbons (Fsp3) is 0. The first-order valence-electron chi connectivity index (χ1n) is 21.5. The van der Waals surface area contributed by atoms with E-state index in [-0.39, 0.29) is 0 Å². The van der Waals surface area contributed by atoms with E-state index in [2.05, 4.69) is 240 Å². The zero-order valence-corrected chi connectivity index (χ0v) is 34.4. The van der Waals surface area contributed by atoms with Crippen molar-refractivity contribution >= 4 is 60.8 Å². The Balaban J connectivity index is 1.00. The van der Waals surface area contributed by atoms with Gasteiger partial charge in [-0.3, -0.25) is 0 Å². The molecule has 3 heteroatoms. The molecule has 0 aliphatic carbocycles. The summed E-state index contributed by atoms with van der Waals surface area (Å²) in [6.45, 7) is 0. The highest BCUT2D eigenvalue weighted by molar-refractivity contribution is 6.10. The normalized spacial score (nSPS) is 11.5. The maximum atomic E-state index is 6.28. The monoisotopic (exact) mass is 804 g/mol. The van der Waals surface area contributed by atoms with Gasteiger partial charge in [-0.2, -0.15) is 0 Å². The summed E-state index contributed by atoms with van der Waals surface area (Å²) in [7, 11) is 0. The van der Waals surface area contributed by atoms with E-state index in [0.29, 0.717) is 0 Å². The van der Waals surface area contributed by atoms with Gasteiger partial charge in [0, 0.05) is 44.3 Å². The van der Waals surface area contributed by atoms with Crippen molar-refractivity contribution in [3.63, 3.8) is 0 Å². The van der Waals surface area contributed by atoms with Gasteiger partial charge in [0.05, 0.1) is 11.0 Å². The maximum Gasteiger partial charge on any atom is 0.135 e. The highest BCUT2D eigenvalue weighted by Crippen LogP contribution is 2.43. The molecule has 0 atom stereocenters. The molecule has 10 aromatic carbocycles. The van der Waals surface area contributed by atoms with Gasteiger partial charge in [0.1, 0.15) is 11.2 Å². The Morgan fingerprint density at radius 2 is 0.857 bits per heavy atom. The van der Waals surface area contributed by atoms with Crippen molar-refractivity contribution in [3.8, 4) is 50.2 Å². The van der Waals surface area contributed by atoms with Gasteiger partial charge in [0.25, 0.3) is 0 Å². The molecule has 0 aliphatic rings. The summed E-state index contributed by atoms with van der Waals surface area (Å²) in [4.78, 5) is 2.36. The van der Waals surface area contributed by atoms with E-state index in [1.54, 1.807) is 0 Å². The molecule has 12 rings (SSSR count). The van der Waals surface area contributed by atoms with Crippen molar-refractivity contribution < 1.29 is 4.42 Å². The van der Waals surface area contributed by atoms with Crippen LogP contribution in [0.1, 0.15) is 0 Å². The van der Waals surface area contributed by atoms with Gasteiger partial charge in [-0.1, -0.05) is 164 Å². The molecular formula is C60H40N2O. The third-order valence-corrected chi connectivity index (χ3v) is 12.4. The minimum atomic E-state index is 0.876. The number of benzene rings is 10. The van der Waals surface area contributed by atoms with Crippen LogP contribution in [0.2, 0.25) is 0 Å². The molecule has 0 bridgehead atoms. The Kier molecular flexibility index (Phi) is 8.83. The molecule has 0 saturated carbocycles. The number of para-hydroxylation sites is 3. The molecule has 3 nitrogen and oxygen atoms in total. The second-order valence-corrected chi connectivity index (χ2v) is 16.1. The quantitative estimate of drug-likeness (QED) is 0.153. The van der Waals surface area contributed by atoms with Crippen LogP contribution in [0, 0.1) is 0 Å².